The highest BCUT2D eigenvalue weighted by molar-refractivity contribution is 5.97. The standard InChI is InChI=1S/C34H39N7O6/c1-18(2)30(34(44)36-22-10-8-9-21(15-22)33-38-40-41(4)39-33)37-26-14-12-23-24(17-27(26)43)25(35-19(3)42)13-11-20-16-28(45-5)31(46-6)32(47-7)29(20)23/h8-10,12,14-18,25,30H,11,13H2,1-7H3,(H,35,42)(H,36,44)(H,37,43)/t25-,30-/m0/s1. The number of ether oxygens (including phenoxy) is 3. The van der Waals surface area contributed by atoms with Gasteiger partial charge < -0.3 is 30.2 Å². The fraction of sp³-hybridized carbons (Fsp3) is 0.353. The minimum Gasteiger partial charge on any atom is -0.493 e. The van der Waals surface area contributed by atoms with Crippen molar-refractivity contribution < 1.29 is 23.8 Å². The Kier molecular flexibility index (Phi) is 9.73. The van der Waals surface area contributed by atoms with E-state index in [2.05, 4.69) is 31.4 Å². The summed E-state index contributed by atoms with van der Waals surface area (Å²) in [6.45, 7) is 5.24. The zero-order valence-electron chi connectivity index (χ0n) is 27.5. The summed E-state index contributed by atoms with van der Waals surface area (Å²) in [6, 6.07) is 12.8. The lowest BCUT2D eigenvalue weighted by Crippen LogP contribution is -2.39. The van der Waals surface area contributed by atoms with E-state index in [1.165, 1.54) is 24.9 Å². The fourth-order valence-electron chi connectivity index (χ4n) is 5.89. The fourth-order valence-corrected chi connectivity index (χ4v) is 5.89. The first kappa shape index (κ1) is 32.9. The second-order valence-corrected chi connectivity index (χ2v) is 11.6. The SMILES string of the molecule is COc1cc2c(c(OC)c1OC)-c1ccc(N[C@H](C(=O)Nc3cccc(-c4nnn(C)n4)c3)C(C)C)c(=O)cc1[C@@H](NC(C)=O)CC2. The molecule has 2 atom stereocenters. The lowest BCUT2D eigenvalue weighted by Gasteiger charge is -2.22. The summed E-state index contributed by atoms with van der Waals surface area (Å²) < 4.78 is 17.1. The second kappa shape index (κ2) is 13.9. The molecule has 47 heavy (non-hydrogen) atoms. The maximum atomic E-state index is 13.9. The molecule has 13 nitrogen and oxygen atoms in total. The minimum atomic E-state index is -0.763. The number of aryl methyl sites for hydroxylation is 2. The molecule has 13 heteroatoms. The first-order valence-electron chi connectivity index (χ1n) is 15.2. The third-order valence-electron chi connectivity index (χ3n) is 8.07. The quantitative estimate of drug-likeness (QED) is 0.230. The first-order chi connectivity index (χ1) is 22.5. The topological polar surface area (TPSA) is 159 Å². The number of carbonyl (C=O) groups is 2. The highest BCUT2D eigenvalue weighted by Crippen LogP contribution is 2.50. The number of hydrogen-bond donors (Lipinski definition) is 3. The molecule has 246 valence electrons. The molecular formula is C34H39N7O6. The van der Waals surface area contributed by atoms with Crippen molar-refractivity contribution in [2.75, 3.05) is 32.0 Å². The Balaban J connectivity index is 1.55. The van der Waals surface area contributed by atoms with Gasteiger partial charge in [0.25, 0.3) is 0 Å². The van der Waals surface area contributed by atoms with Gasteiger partial charge in [0.05, 0.1) is 40.1 Å². The summed E-state index contributed by atoms with van der Waals surface area (Å²) in [5.41, 5.74) is 4.12. The van der Waals surface area contributed by atoms with E-state index >= 15 is 0 Å². The van der Waals surface area contributed by atoms with Crippen molar-refractivity contribution in [1.82, 2.24) is 25.5 Å². The molecule has 5 rings (SSSR count). The predicted octanol–water partition coefficient (Wildman–Crippen LogP) is 4.13. The number of benzene rings is 2. The minimum absolute atomic E-state index is 0.188. The Labute approximate surface area is 272 Å². The Bertz CT molecular complexity index is 1870. The normalized spacial score (nSPS) is 14.3. The van der Waals surface area contributed by atoms with Crippen LogP contribution in [0.5, 0.6) is 17.2 Å². The number of aromatic nitrogens is 4. The van der Waals surface area contributed by atoms with E-state index in [4.69, 9.17) is 14.2 Å². The zero-order valence-corrected chi connectivity index (χ0v) is 27.5. The molecule has 1 aromatic heterocycles. The van der Waals surface area contributed by atoms with Crippen molar-refractivity contribution in [1.29, 1.82) is 0 Å². The highest BCUT2D eigenvalue weighted by Gasteiger charge is 2.30. The molecule has 0 fully saturated rings. The van der Waals surface area contributed by atoms with E-state index in [-0.39, 0.29) is 28.8 Å². The monoisotopic (exact) mass is 641 g/mol. The van der Waals surface area contributed by atoms with Gasteiger partial charge in [-0.05, 0) is 71.0 Å². The Morgan fingerprint density at radius 2 is 1.77 bits per heavy atom. The Morgan fingerprint density at radius 3 is 2.40 bits per heavy atom. The number of fused-ring (bicyclic) bond motifs is 3. The maximum Gasteiger partial charge on any atom is 0.247 e. The van der Waals surface area contributed by atoms with Crippen LogP contribution in [0, 0.1) is 5.92 Å². The number of tetrazole rings is 1. The number of hydrogen-bond acceptors (Lipinski definition) is 10. The van der Waals surface area contributed by atoms with Crippen molar-refractivity contribution in [3.63, 3.8) is 0 Å². The average molecular weight is 642 g/mol. The van der Waals surface area contributed by atoms with Gasteiger partial charge in [-0.2, -0.15) is 4.80 Å². The van der Waals surface area contributed by atoms with E-state index in [9.17, 15) is 14.4 Å². The summed E-state index contributed by atoms with van der Waals surface area (Å²) in [5.74, 6) is 1.09. The zero-order chi connectivity index (χ0) is 33.8. The van der Waals surface area contributed by atoms with Gasteiger partial charge in [-0.1, -0.05) is 32.0 Å². The number of anilines is 2. The molecule has 0 radical (unpaired) electrons. The molecule has 2 amide bonds. The van der Waals surface area contributed by atoms with Crippen molar-refractivity contribution >= 4 is 23.2 Å². The van der Waals surface area contributed by atoms with Crippen molar-refractivity contribution in [3.8, 4) is 39.8 Å². The van der Waals surface area contributed by atoms with E-state index in [1.807, 2.05) is 32.0 Å². The van der Waals surface area contributed by atoms with Crippen LogP contribution in [-0.2, 0) is 23.1 Å². The number of amides is 2. The first-order valence-corrected chi connectivity index (χ1v) is 15.2. The van der Waals surface area contributed by atoms with Crippen molar-refractivity contribution in [3.05, 3.63) is 69.9 Å². The second-order valence-electron chi connectivity index (χ2n) is 11.6. The molecule has 0 spiro atoms. The van der Waals surface area contributed by atoms with E-state index in [0.717, 1.165) is 11.1 Å². The van der Waals surface area contributed by atoms with Gasteiger partial charge >= 0.3 is 0 Å². The lowest BCUT2D eigenvalue weighted by atomic mass is 9.95. The van der Waals surface area contributed by atoms with E-state index in [1.54, 1.807) is 45.5 Å². The molecule has 3 N–H and O–H groups in total. The smallest absolute Gasteiger partial charge is 0.247 e. The third-order valence-corrected chi connectivity index (χ3v) is 8.07. The number of nitrogens with one attached hydrogen (secondary N) is 3. The van der Waals surface area contributed by atoms with Gasteiger partial charge in [0.2, 0.25) is 28.8 Å². The Hall–Kier alpha value is -5.46. The van der Waals surface area contributed by atoms with Gasteiger partial charge in [0.1, 0.15) is 6.04 Å². The van der Waals surface area contributed by atoms with Crippen LogP contribution in [-0.4, -0.2) is 59.4 Å². The molecule has 3 aromatic carbocycles. The van der Waals surface area contributed by atoms with Crippen LogP contribution in [0.3, 0.4) is 0 Å². The number of nitrogens with zero attached hydrogens (tertiary/aromatic N) is 4. The van der Waals surface area contributed by atoms with Crippen LogP contribution in [0.4, 0.5) is 11.4 Å². The molecule has 0 bridgehead atoms. The summed E-state index contributed by atoms with van der Waals surface area (Å²) in [7, 11) is 6.32. The van der Waals surface area contributed by atoms with Gasteiger partial charge in [0.15, 0.2) is 11.5 Å². The molecule has 1 heterocycles. The van der Waals surface area contributed by atoms with Gasteiger partial charge in [-0.3, -0.25) is 14.4 Å². The molecule has 0 aliphatic heterocycles. The van der Waals surface area contributed by atoms with Crippen molar-refractivity contribution in [2.45, 2.75) is 45.7 Å². The molecule has 0 saturated heterocycles. The predicted molar refractivity (Wildman–Crippen MR) is 178 cm³/mol. The van der Waals surface area contributed by atoms with Crippen LogP contribution >= 0.6 is 0 Å². The lowest BCUT2D eigenvalue weighted by molar-refractivity contribution is -0.120. The van der Waals surface area contributed by atoms with Crippen molar-refractivity contribution in [2.24, 2.45) is 13.0 Å². The largest absolute Gasteiger partial charge is 0.493 e. The molecule has 1 aliphatic rings. The van der Waals surface area contributed by atoms with Crippen LogP contribution in [0.25, 0.3) is 22.5 Å². The van der Waals surface area contributed by atoms with Gasteiger partial charge in [-0.15, -0.1) is 10.2 Å². The summed E-state index contributed by atoms with van der Waals surface area (Å²) in [5, 5.41) is 21.3. The van der Waals surface area contributed by atoms with Crippen LogP contribution in [0.2, 0.25) is 0 Å². The number of carbonyl (C=O) groups excluding carboxylic acids is 2. The van der Waals surface area contributed by atoms with Crippen LogP contribution < -0.4 is 35.6 Å². The van der Waals surface area contributed by atoms with Gasteiger partial charge in [-0.25, -0.2) is 0 Å². The summed E-state index contributed by atoms with van der Waals surface area (Å²) in [4.78, 5) is 41.2. The Morgan fingerprint density at radius 1 is 1.00 bits per heavy atom. The molecule has 0 unspecified atom stereocenters. The van der Waals surface area contributed by atoms with Gasteiger partial charge in [0, 0.05) is 23.7 Å². The van der Waals surface area contributed by atoms with E-state index in [0.29, 0.717) is 58.3 Å². The summed E-state index contributed by atoms with van der Waals surface area (Å²) in [6.07, 6.45) is 1.11. The van der Waals surface area contributed by atoms with Crippen LogP contribution in [0.15, 0.2) is 53.3 Å². The number of rotatable bonds is 10. The van der Waals surface area contributed by atoms with Crippen LogP contribution in [0.1, 0.15) is 44.4 Å². The molecule has 4 aromatic rings. The maximum absolute atomic E-state index is 13.9. The average Bonchev–Trinajstić information content (AvgIpc) is 3.35. The number of methoxy groups -OCH3 is 3. The highest BCUT2D eigenvalue weighted by atomic mass is 16.5. The molecular weight excluding hydrogens is 602 g/mol. The summed E-state index contributed by atoms with van der Waals surface area (Å²) >= 11 is 0. The molecule has 0 saturated carbocycles. The molecule has 1 aliphatic carbocycles. The van der Waals surface area contributed by atoms with E-state index < -0.39 is 12.1 Å². The third kappa shape index (κ3) is 6.88.